The first-order valence-corrected chi connectivity index (χ1v) is 7.48. The zero-order chi connectivity index (χ0) is 14.8. The summed E-state index contributed by atoms with van der Waals surface area (Å²) < 4.78 is 0.722. The molecule has 2 aromatic rings. The fourth-order valence-electron chi connectivity index (χ4n) is 1.99. The van der Waals surface area contributed by atoms with Crippen molar-refractivity contribution in [3.63, 3.8) is 0 Å². The average molecular weight is 334 g/mol. The molecule has 0 saturated heterocycles. The van der Waals surface area contributed by atoms with Crippen LogP contribution in [0.3, 0.4) is 0 Å². The highest BCUT2D eigenvalue weighted by Crippen LogP contribution is 2.28. The van der Waals surface area contributed by atoms with E-state index in [9.17, 15) is 5.11 Å². The smallest absolute Gasteiger partial charge is 0.134 e. The van der Waals surface area contributed by atoms with Crippen LogP contribution in [-0.2, 0) is 12.0 Å². The van der Waals surface area contributed by atoms with Gasteiger partial charge in [0.15, 0.2) is 0 Å². The molecular weight excluding hydrogens is 314 g/mol. The molecule has 106 valence electrons. The van der Waals surface area contributed by atoms with Gasteiger partial charge in [-0.05, 0) is 45.1 Å². The normalized spacial score (nSPS) is 11.4. The summed E-state index contributed by atoms with van der Waals surface area (Å²) in [6.07, 6.45) is 0. The summed E-state index contributed by atoms with van der Waals surface area (Å²) in [6.45, 7) is 7.21. The van der Waals surface area contributed by atoms with Crippen LogP contribution in [-0.4, -0.2) is 5.11 Å². The summed E-state index contributed by atoms with van der Waals surface area (Å²) in [5.41, 5.74) is 3.41. The minimum absolute atomic E-state index is 0.168. The molecule has 0 amide bonds. The molecular formula is C17H20BrNO. The van der Waals surface area contributed by atoms with Crippen LogP contribution < -0.4 is 5.32 Å². The average Bonchev–Trinajstić information content (AvgIpc) is 2.40. The standard InChI is InChI=1S/C17H20BrNO/c1-17(2,3)13-7-9-14(10-8-13)19-11-12-5-4-6-15(18)16(12)20/h4-10,19-20H,11H2,1-3H3. The molecule has 2 nitrogen and oxygen atoms in total. The van der Waals surface area contributed by atoms with Crippen LogP contribution >= 0.6 is 15.9 Å². The van der Waals surface area contributed by atoms with Crippen LogP contribution in [0, 0.1) is 0 Å². The van der Waals surface area contributed by atoms with E-state index in [0.717, 1.165) is 15.7 Å². The molecule has 0 unspecified atom stereocenters. The Labute approximate surface area is 129 Å². The van der Waals surface area contributed by atoms with Crippen LogP contribution in [0.1, 0.15) is 31.9 Å². The lowest BCUT2D eigenvalue weighted by atomic mass is 9.87. The Balaban J connectivity index is 2.06. The van der Waals surface area contributed by atoms with Crippen molar-refractivity contribution in [1.82, 2.24) is 0 Å². The highest BCUT2D eigenvalue weighted by Gasteiger charge is 2.12. The molecule has 0 saturated carbocycles. The van der Waals surface area contributed by atoms with Crippen molar-refractivity contribution in [3.8, 4) is 5.75 Å². The third-order valence-electron chi connectivity index (χ3n) is 3.30. The molecule has 0 atom stereocenters. The van der Waals surface area contributed by atoms with Crippen molar-refractivity contribution >= 4 is 21.6 Å². The molecule has 20 heavy (non-hydrogen) atoms. The number of anilines is 1. The number of phenols is 1. The largest absolute Gasteiger partial charge is 0.506 e. The van der Waals surface area contributed by atoms with Gasteiger partial charge in [-0.1, -0.05) is 45.0 Å². The van der Waals surface area contributed by atoms with E-state index in [1.165, 1.54) is 5.56 Å². The Morgan fingerprint density at radius 2 is 1.70 bits per heavy atom. The van der Waals surface area contributed by atoms with Crippen LogP contribution in [0.4, 0.5) is 5.69 Å². The Morgan fingerprint density at radius 3 is 2.30 bits per heavy atom. The zero-order valence-corrected chi connectivity index (χ0v) is 13.7. The van der Waals surface area contributed by atoms with Gasteiger partial charge in [-0.15, -0.1) is 0 Å². The predicted molar refractivity (Wildman–Crippen MR) is 88.3 cm³/mol. The van der Waals surface area contributed by atoms with Crippen LogP contribution in [0.2, 0.25) is 0 Å². The van der Waals surface area contributed by atoms with Gasteiger partial charge in [0.2, 0.25) is 0 Å². The fourth-order valence-corrected chi connectivity index (χ4v) is 2.40. The molecule has 0 spiro atoms. The van der Waals surface area contributed by atoms with E-state index in [-0.39, 0.29) is 5.41 Å². The Morgan fingerprint density at radius 1 is 1.05 bits per heavy atom. The number of phenolic OH excluding ortho intramolecular Hbond substituents is 1. The Hall–Kier alpha value is -1.48. The lowest BCUT2D eigenvalue weighted by Crippen LogP contribution is -2.10. The number of nitrogens with one attached hydrogen (secondary N) is 1. The van der Waals surface area contributed by atoms with Crippen LogP contribution in [0.15, 0.2) is 46.9 Å². The van der Waals surface area contributed by atoms with E-state index in [1.54, 1.807) is 0 Å². The van der Waals surface area contributed by atoms with Gasteiger partial charge in [0.25, 0.3) is 0 Å². The number of hydrogen-bond acceptors (Lipinski definition) is 2. The zero-order valence-electron chi connectivity index (χ0n) is 12.1. The topological polar surface area (TPSA) is 32.3 Å². The first-order chi connectivity index (χ1) is 9.38. The summed E-state index contributed by atoms with van der Waals surface area (Å²) in [5, 5.41) is 13.3. The number of benzene rings is 2. The second-order valence-corrected chi connectivity index (χ2v) is 6.78. The number of halogens is 1. The summed E-state index contributed by atoms with van der Waals surface area (Å²) in [4.78, 5) is 0. The molecule has 3 heteroatoms. The first kappa shape index (κ1) is 14.9. The molecule has 0 aliphatic carbocycles. The van der Waals surface area contributed by atoms with Gasteiger partial charge in [-0.3, -0.25) is 0 Å². The molecule has 2 rings (SSSR count). The summed E-state index contributed by atoms with van der Waals surface area (Å²) in [5.74, 6) is 0.298. The molecule has 0 aliphatic heterocycles. The van der Waals surface area contributed by atoms with Gasteiger partial charge < -0.3 is 10.4 Å². The number of para-hydroxylation sites is 1. The van der Waals surface area contributed by atoms with E-state index in [0.29, 0.717) is 12.3 Å². The minimum Gasteiger partial charge on any atom is -0.506 e. The molecule has 2 aromatic carbocycles. The van der Waals surface area contributed by atoms with Crippen molar-refractivity contribution in [2.24, 2.45) is 0 Å². The summed E-state index contributed by atoms with van der Waals surface area (Å²) in [7, 11) is 0. The second-order valence-electron chi connectivity index (χ2n) is 5.93. The first-order valence-electron chi connectivity index (χ1n) is 6.69. The highest BCUT2D eigenvalue weighted by molar-refractivity contribution is 9.10. The fraction of sp³-hybridized carbons (Fsp3) is 0.294. The molecule has 0 aliphatic rings. The molecule has 0 heterocycles. The van der Waals surface area contributed by atoms with Crippen molar-refractivity contribution in [3.05, 3.63) is 58.1 Å². The van der Waals surface area contributed by atoms with Gasteiger partial charge in [-0.2, -0.15) is 0 Å². The maximum atomic E-state index is 9.94. The van der Waals surface area contributed by atoms with Gasteiger partial charge in [0.1, 0.15) is 5.75 Å². The SMILES string of the molecule is CC(C)(C)c1ccc(NCc2cccc(Br)c2O)cc1. The molecule has 0 bridgehead atoms. The van der Waals surface area contributed by atoms with Crippen molar-refractivity contribution < 1.29 is 5.11 Å². The van der Waals surface area contributed by atoms with Crippen LogP contribution in [0.25, 0.3) is 0 Å². The molecule has 0 fully saturated rings. The van der Waals surface area contributed by atoms with E-state index in [1.807, 2.05) is 18.2 Å². The van der Waals surface area contributed by atoms with Gasteiger partial charge in [0, 0.05) is 17.8 Å². The van der Waals surface area contributed by atoms with Crippen molar-refractivity contribution in [2.75, 3.05) is 5.32 Å². The van der Waals surface area contributed by atoms with E-state index >= 15 is 0 Å². The predicted octanol–water partition coefficient (Wildman–Crippen LogP) is 5.06. The Kier molecular flexibility index (Phi) is 4.39. The lowest BCUT2D eigenvalue weighted by Gasteiger charge is -2.19. The van der Waals surface area contributed by atoms with E-state index < -0.39 is 0 Å². The van der Waals surface area contributed by atoms with Crippen LogP contribution in [0.5, 0.6) is 5.75 Å². The lowest BCUT2D eigenvalue weighted by molar-refractivity contribution is 0.465. The quantitative estimate of drug-likeness (QED) is 0.822. The summed E-state index contributed by atoms with van der Waals surface area (Å²) in [6, 6.07) is 14.1. The van der Waals surface area contributed by atoms with Crippen molar-refractivity contribution in [2.45, 2.75) is 32.7 Å². The maximum absolute atomic E-state index is 9.94. The monoisotopic (exact) mass is 333 g/mol. The van der Waals surface area contributed by atoms with Gasteiger partial charge >= 0.3 is 0 Å². The Bertz CT molecular complexity index is 585. The minimum atomic E-state index is 0.168. The third-order valence-corrected chi connectivity index (χ3v) is 3.94. The van der Waals surface area contributed by atoms with Gasteiger partial charge in [0.05, 0.1) is 4.47 Å². The number of rotatable bonds is 3. The highest BCUT2D eigenvalue weighted by atomic mass is 79.9. The van der Waals surface area contributed by atoms with Crippen molar-refractivity contribution in [1.29, 1.82) is 0 Å². The van der Waals surface area contributed by atoms with E-state index in [4.69, 9.17) is 0 Å². The third kappa shape index (κ3) is 3.54. The molecule has 0 radical (unpaired) electrons. The number of aromatic hydroxyl groups is 1. The number of hydrogen-bond donors (Lipinski definition) is 2. The second kappa shape index (κ2) is 5.88. The van der Waals surface area contributed by atoms with Gasteiger partial charge in [-0.25, -0.2) is 0 Å². The maximum Gasteiger partial charge on any atom is 0.134 e. The molecule has 0 aromatic heterocycles. The van der Waals surface area contributed by atoms with E-state index in [2.05, 4.69) is 66.3 Å². The molecule has 2 N–H and O–H groups in total. The summed E-state index contributed by atoms with van der Waals surface area (Å²) >= 11 is 3.33.